The number of carbonyl (C=O) groups excluding carboxylic acids is 6. The maximum atomic E-state index is 15.0. The van der Waals surface area contributed by atoms with Crippen LogP contribution in [0.15, 0.2) is 182 Å². The van der Waals surface area contributed by atoms with Crippen LogP contribution in [0.3, 0.4) is 0 Å². The molecule has 1 fully saturated rings. The number of hydrogen-bond donors (Lipinski definition) is 0. The van der Waals surface area contributed by atoms with Crippen molar-refractivity contribution in [2.45, 2.75) is 78.0 Å². The average molecular weight is 1100 g/mol. The van der Waals surface area contributed by atoms with Gasteiger partial charge in [0.2, 0.25) is 35.4 Å². The quantitative estimate of drug-likeness (QED) is 0.0644. The smallest absolute Gasteiger partial charge is 0.242 e. The Kier molecular flexibility index (Phi) is 24.2. The van der Waals surface area contributed by atoms with E-state index in [0.29, 0.717) is 19.8 Å². The third kappa shape index (κ3) is 19.1. The Labute approximate surface area is 478 Å². The summed E-state index contributed by atoms with van der Waals surface area (Å²) < 4.78 is 18.3. The molecule has 15 nitrogen and oxygen atoms in total. The fourth-order valence-corrected chi connectivity index (χ4v) is 9.92. The van der Waals surface area contributed by atoms with Gasteiger partial charge in [0.25, 0.3) is 0 Å². The molecule has 3 atom stereocenters. The molecule has 6 amide bonds. The summed E-state index contributed by atoms with van der Waals surface area (Å²) in [6, 6.07) is 55.9. The van der Waals surface area contributed by atoms with E-state index in [1.54, 1.807) is 14.7 Å². The van der Waals surface area contributed by atoms with Crippen molar-refractivity contribution < 1.29 is 43.0 Å². The zero-order chi connectivity index (χ0) is 57.2. The predicted octanol–water partition coefficient (Wildman–Crippen LogP) is 9.08. The first-order valence-corrected chi connectivity index (χ1v) is 28.2. The Bertz CT molecular complexity index is 2560. The molecular formula is C66H78N6O9. The Morgan fingerprint density at radius 1 is 0.321 bits per heavy atom. The zero-order valence-electron chi connectivity index (χ0n) is 47.1. The molecule has 0 aliphatic carbocycles. The summed E-state index contributed by atoms with van der Waals surface area (Å²) in [7, 11) is 0. The number of amides is 6. The monoisotopic (exact) mass is 1100 g/mol. The molecule has 81 heavy (non-hydrogen) atoms. The molecule has 1 aliphatic rings. The minimum Gasteiger partial charge on any atom is -0.375 e. The van der Waals surface area contributed by atoms with Gasteiger partial charge in [-0.05, 0) is 54.2 Å². The van der Waals surface area contributed by atoms with E-state index in [-0.39, 0.29) is 116 Å². The summed E-state index contributed by atoms with van der Waals surface area (Å²) in [5, 5.41) is 0. The molecule has 1 aliphatic heterocycles. The van der Waals surface area contributed by atoms with E-state index in [1.165, 1.54) is 14.7 Å². The van der Waals surface area contributed by atoms with E-state index in [0.717, 1.165) is 33.4 Å². The van der Waals surface area contributed by atoms with Crippen molar-refractivity contribution in [2.75, 3.05) is 78.7 Å². The number of benzene rings is 6. The highest BCUT2D eigenvalue weighted by Gasteiger charge is 2.32. The molecule has 6 aromatic rings. The Morgan fingerprint density at radius 2 is 0.543 bits per heavy atom. The highest BCUT2D eigenvalue weighted by molar-refractivity contribution is 5.89. The van der Waals surface area contributed by atoms with Crippen molar-refractivity contribution in [3.8, 4) is 0 Å². The van der Waals surface area contributed by atoms with Crippen LogP contribution in [0.4, 0.5) is 0 Å². The summed E-state index contributed by atoms with van der Waals surface area (Å²) in [4.78, 5) is 98.8. The van der Waals surface area contributed by atoms with Crippen LogP contribution < -0.4 is 0 Å². The maximum Gasteiger partial charge on any atom is 0.242 e. The Morgan fingerprint density at radius 3 is 0.778 bits per heavy atom. The van der Waals surface area contributed by atoms with Gasteiger partial charge in [0, 0.05) is 58.5 Å². The SMILES string of the molecule is C[C@@H](c1ccccc1)N1CCC(=O)N(CCOCc2ccccc2)CC(=O)N([C@@H](C)c2ccccc2)CCC(=O)N(CCOCc2ccccc2)CC(=O)N([C@@H](C)c2ccccc2)CCC(=O)N(CCOCc2ccccc2)CC1=O. The van der Waals surface area contributed by atoms with Crippen molar-refractivity contribution in [3.05, 3.63) is 215 Å². The molecule has 0 N–H and O–H groups in total. The lowest BCUT2D eigenvalue weighted by Gasteiger charge is -2.34. The lowest BCUT2D eigenvalue weighted by Crippen LogP contribution is -2.48. The van der Waals surface area contributed by atoms with Gasteiger partial charge < -0.3 is 43.6 Å². The molecule has 0 aromatic heterocycles. The molecular weight excluding hydrogens is 1020 g/mol. The number of carbonyl (C=O) groups is 6. The van der Waals surface area contributed by atoms with Gasteiger partial charge in [-0.1, -0.05) is 182 Å². The van der Waals surface area contributed by atoms with Crippen LogP contribution >= 0.6 is 0 Å². The lowest BCUT2D eigenvalue weighted by atomic mass is 10.1. The van der Waals surface area contributed by atoms with Gasteiger partial charge in [-0.2, -0.15) is 0 Å². The highest BCUT2D eigenvalue weighted by Crippen LogP contribution is 2.25. The fourth-order valence-electron chi connectivity index (χ4n) is 9.92. The molecule has 0 spiro atoms. The molecule has 6 aromatic carbocycles. The van der Waals surface area contributed by atoms with Crippen molar-refractivity contribution in [1.29, 1.82) is 0 Å². The van der Waals surface area contributed by atoms with Gasteiger partial charge in [-0.3, -0.25) is 28.8 Å². The first-order chi connectivity index (χ1) is 39.4. The van der Waals surface area contributed by atoms with Crippen LogP contribution in [0, 0.1) is 0 Å². The van der Waals surface area contributed by atoms with Gasteiger partial charge in [0.15, 0.2) is 0 Å². The topological polar surface area (TPSA) is 150 Å². The van der Waals surface area contributed by atoms with Crippen LogP contribution in [0.2, 0.25) is 0 Å². The fraction of sp³-hybridized carbons (Fsp3) is 0.364. The minimum absolute atomic E-state index is 0.0315. The predicted molar refractivity (Wildman–Crippen MR) is 312 cm³/mol. The van der Waals surface area contributed by atoms with E-state index in [9.17, 15) is 14.4 Å². The number of rotatable bonds is 21. The maximum absolute atomic E-state index is 15.0. The van der Waals surface area contributed by atoms with E-state index in [4.69, 9.17) is 14.2 Å². The van der Waals surface area contributed by atoms with E-state index in [1.807, 2.05) is 203 Å². The Hall–Kier alpha value is -7.98. The molecule has 7 rings (SSSR count). The molecule has 0 bridgehead atoms. The van der Waals surface area contributed by atoms with E-state index < -0.39 is 35.8 Å². The molecule has 0 unspecified atom stereocenters. The van der Waals surface area contributed by atoms with Crippen molar-refractivity contribution in [3.63, 3.8) is 0 Å². The van der Waals surface area contributed by atoms with Crippen LogP contribution in [0.1, 0.15) is 91.5 Å². The largest absolute Gasteiger partial charge is 0.375 e. The van der Waals surface area contributed by atoms with Crippen LogP contribution in [-0.2, 0) is 62.8 Å². The van der Waals surface area contributed by atoms with Gasteiger partial charge in [0.1, 0.15) is 0 Å². The van der Waals surface area contributed by atoms with Crippen LogP contribution in [-0.4, -0.2) is 144 Å². The molecule has 1 saturated heterocycles. The second kappa shape index (κ2) is 32.3. The van der Waals surface area contributed by atoms with E-state index >= 15 is 14.4 Å². The number of ether oxygens (including phenoxy) is 3. The normalized spacial score (nSPS) is 16.3. The van der Waals surface area contributed by atoms with Crippen molar-refractivity contribution >= 4 is 35.4 Å². The standard InChI is InChI=1S/C66H78N6O9/c1-52(58-28-16-7-17-29-58)70-37-34-61(73)68(41-44-80-50-56-24-12-5-13-25-56)47-65(77)72(54(3)60-32-20-9-21-33-60)39-36-63(75)69(42-45-81-51-57-26-14-6-15-27-57)48-66(78)71(53(2)59-30-18-8-19-31-59)38-35-62(74)67(46-64(70)76)40-43-79-49-55-22-10-4-11-23-55/h4-33,52-54H,34-51H2,1-3H3/t52-,53-,54-/m0/s1. The summed E-state index contributed by atoms with van der Waals surface area (Å²) in [6.45, 7) is 5.97. The van der Waals surface area contributed by atoms with Crippen molar-refractivity contribution in [1.82, 2.24) is 29.4 Å². The number of nitrogens with zero attached hydrogens (tertiary/aromatic N) is 6. The van der Waals surface area contributed by atoms with Gasteiger partial charge in [-0.25, -0.2) is 0 Å². The number of hydrogen-bond acceptors (Lipinski definition) is 9. The zero-order valence-corrected chi connectivity index (χ0v) is 47.1. The summed E-state index contributed by atoms with van der Waals surface area (Å²) in [5.41, 5.74) is 5.34. The average Bonchev–Trinajstić information content (AvgIpc) is 3.52. The second-order valence-corrected chi connectivity index (χ2v) is 20.3. The molecule has 426 valence electrons. The third-order valence-electron chi connectivity index (χ3n) is 14.8. The summed E-state index contributed by atoms with van der Waals surface area (Å²) in [6.07, 6.45) is -0.442. The van der Waals surface area contributed by atoms with Gasteiger partial charge in [-0.15, -0.1) is 0 Å². The third-order valence-corrected chi connectivity index (χ3v) is 14.8. The van der Waals surface area contributed by atoms with Crippen LogP contribution in [0.5, 0.6) is 0 Å². The van der Waals surface area contributed by atoms with Crippen LogP contribution in [0.25, 0.3) is 0 Å². The second-order valence-electron chi connectivity index (χ2n) is 20.3. The first kappa shape index (κ1) is 60.7. The lowest BCUT2D eigenvalue weighted by molar-refractivity contribution is -0.145. The highest BCUT2D eigenvalue weighted by atomic mass is 16.5. The minimum atomic E-state index is -0.519. The van der Waals surface area contributed by atoms with Crippen molar-refractivity contribution in [2.24, 2.45) is 0 Å². The molecule has 0 radical (unpaired) electrons. The molecule has 1 heterocycles. The Balaban J connectivity index is 1.24. The first-order valence-electron chi connectivity index (χ1n) is 28.2. The summed E-state index contributed by atoms with van der Waals surface area (Å²) in [5.74, 6) is -2.33. The van der Waals surface area contributed by atoms with Gasteiger partial charge in [0.05, 0.1) is 77.4 Å². The van der Waals surface area contributed by atoms with Gasteiger partial charge >= 0.3 is 0 Å². The molecule has 15 heteroatoms. The summed E-state index contributed by atoms with van der Waals surface area (Å²) >= 11 is 0. The van der Waals surface area contributed by atoms with E-state index in [2.05, 4.69) is 0 Å². The molecule has 0 saturated carbocycles.